The zero-order chi connectivity index (χ0) is 7.82. The lowest BCUT2D eigenvalue weighted by molar-refractivity contribution is -0.116. The molecule has 2 nitrogen and oxygen atoms in total. The molecule has 0 aliphatic heterocycles. The molecule has 10 heavy (non-hydrogen) atoms. The van der Waals surface area contributed by atoms with E-state index in [0.717, 1.165) is 12.4 Å². The molecule has 0 radical (unpaired) electrons. The quantitative estimate of drug-likeness (QED) is 0.551. The predicted octanol–water partition coefficient (Wildman–Crippen LogP) is 1.35. The molecule has 3 heteroatoms. The van der Waals surface area contributed by atoms with Gasteiger partial charge in [-0.1, -0.05) is 6.92 Å². The molecule has 0 unspecified atom stereocenters. The van der Waals surface area contributed by atoms with Gasteiger partial charge in [-0.3, -0.25) is 4.79 Å². The van der Waals surface area contributed by atoms with Crippen molar-refractivity contribution in [2.45, 2.75) is 13.3 Å². The molecule has 0 spiro atoms. The minimum Gasteiger partial charge on any atom is -0.384 e. The number of thioether (sulfide) groups is 1. The van der Waals surface area contributed by atoms with E-state index in [1.54, 1.807) is 18.9 Å². The fraction of sp³-hybridized carbons (Fsp3) is 0.857. The van der Waals surface area contributed by atoms with Crippen LogP contribution in [-0.4, -0.2) is 31.0 Å². The van der Waals surface area contributed by atoms with E-state index in [4.69, 9.17) is 4.74 Å². The second-order valence-electron chi connectivity index (χ2n) is 1.94. The minimum absolute atomic E-state index is 0.320. The van der Waals surface area contributed by atoms with Crippen molar-refractivity contribution in [1.29, 1.82) is 0 Å². The smallest absolute Gasteiger partial charge is 0.142 e. The average molecular weight is 162 g/mol. The van der Waals surface area contributed by atoms with E-state index in [1.807, 2.05) is 6.92 Å². The Balaban J connectivity index is 2.96. The number of hydrogen-bond donors (Lipinski definition) is 0. The lowest BCUT2D eigenvalue weighted by Crippen LogP contribution is -2.01. The maximum absolute atomic E-state index is 10.7. The Hall–Kier alpha value is -0.0200. The van der Waals surface area contributed by atoms with Crippen molar-refractivity contribution in [3.63, 3.8) is 0 Å². The fourth-order valence-electron chi connectivity index (χ4n) is 0.430. The van der Waals surface area contributed by atoms with Crippen molar-refractivity contribution >= 4 is 17.5 Å². The van der Waals surface area contributed by atoms with Crippen LogP contribution in [0.3, 0.4) is 0 Å². The molecule has 0 amide bonds. The average Bonchev–Trinajstić information content (AvgIpc) is 1.98. The highest BCUT2D eigenvalue weighted by Gasteiger charge is 1.96. The predicted molar refractivity (Wildman–Crippen MR) is 44.5 cm³/mol. The van der Waals surface area contributed by atoms with Crippen molar-refractivity contribution in [2.75, 3.05) is 25.2 Å². The summed E-state index contributed by atoms with van der Waals surface area (Å²) in [6.07, 6.45) is 0.653. The fourth-order valence-corrected chi connectivity index (χ4v) is 1.29. The molecule has 0 rings (SSSR count). The molecule has 0 saturated carbocycles. The van der Waals surface area contributed by atoms with E-state index in [1.165, 1.54) is 0 Å². The summed E-state index contributed by atoms with van der Waals surface area (Å²) in [5, 5.41) is 0. The third kappa shape index (κ3) is 6.11. The van der Waals surface area contributed by atoms with Crippen LogP contribution in [0.15, 0.2) is 0 Å². The largest absolute Gasteiger partial charge is 0.384 e. The standard InChI is InChI=1S/C7H14O2S/c1-3-7(8)6-10-5-4-9-2/h3-6H2,1-2H3. The summed E-state index contributed by atoms with van der Waals surface area (Å²) in [5.74, 6) is 1.88. The van der Waals surface area contributed by atoms with Gasteiger partial charge in [-0.15, -0.1) is 0 Å². The van der Waals surface area contributed by atoms with Gasteiger partial charge in [-0.25, -0.2) is 0 Å². The number of methoxy groups -OCH3 is 1. The first kappa shape index (κ1) is 9.98. The zero-order valence-electron chi connectivity index (χ0n) is 6.55. The van der Waals surface area contributed by atoms with Crippen LogP contribution < -0.4 is 0 Å². The van der Waals surface area contributed by atoms with E-state index >= 15 is 0 Å². The first-order valence-electron chi connectivity index (χ1n) is 3.39. The molecule has 0 fully saturated rings. The van der Waals surface area contributed by atoms with Crippen LogP contribution in [0.2, 0.25) is 0 Å². The van der Waals surface area contributed by atoms with Gasteiger partial charge in [0.2, 0.25) is 0 Å². The molecule has 0 aromatic rings. The van der Waals surface area contributed by atoms with E-state index < -0.39 is 0 Å². The van der Waals surface area contributed by atoms with Crippen molar-refractivity contribution in [2.24, 2.45) is 0 Å². The Kier molecular flexibility index (Phi) is 7.08. The number of ether oxygens (including phenoxy) is 1. The van der Waals surface area contributed by atoms with Crippen LogP contribution in [0, 0.1) is 0 Å². The lowest BCUT2D eigenvalue weighted by atomic mass is 10.4. The molecule has 0 N–H and O–H groups in total. The summed E-state index contributed by atoms with van der Waals surface area (Å²) in [6.45, 7) is 2.63. The van der Waals surface area contributed by atoms with Crippen LogP contribution in [0.25, 0.3) is 0 Å². The maximum atomic E-state index is 10.7. The third-order valence-electron chi connectivity index (χ3n) is 1.09. The highest BCUT2D eigenvalue weighted by molar-refractivity contribution is 7.99. The summed E-state index contributed by atoms with van der Waals surface area (Å²) < 4.78 is 4.83. The molecular formula is C7H14O2S. The molecule has 0 bridgehead atoms. The number of ketones is 1. The first-order valence-corrected chi connectivity index (χ1v) is 4.55. The molecule has 0 aliphatic carbocycles. The third-order valence-corrected chi connectivity index (χ3v) is 2.07. The highest BCUT2D eigenvalue weighted by Crippen LogP contribution is 2.00. The van der Waals surface area contributed by atoms with Gasteiger partial charge in [0.05, 0.1) is 12.4 Å². The Morgan fingerprint density at radius 3 is 2.80 bits per heavy atom. The van der Waals surface area contributed by atoms with Gasteiger partial charge in [0.25, 0.3) is 0 Å². The van der Waals surface area contributed by atoms with Crippen molar-refractivity contribution in [1.82, 2.24) is 0 Å². The van der Waals surface area contributed by atoms with Gasteiger partial charge < -0.3 is 4.74 Å². The van der Waals surface area contributed by atoms with Crippen molar-refractivity contribution in [3.05, 3.63) is 0 Å². The van der Waals surface area contributed by atoms with E-state index in [-0.39, 0.29) is 0 Å². The second-order valence-corrected chi connectivity index (χ2v) is 3.04. The number of carbonyl (C=O) groups excluding carboxylic acids is 1. The molecular weight excluding hydrogens is 148 g/mol. The molecule has 0 saturated heterocycles. The van der Waals surface area contributed by atoms with Gasteiger partial charge in [0.1, 0.15) is 5.78 Å². The highest BCUT2D eigenvalue weighted by atomic mass is 32.2. The SMILES string of the molecule is CCC(=O)CSCCOC. The van der Waals surface area contributed by atoms with E-state index in [2.05, 4.69) is 0 Å². The zero-order valence-corrected chi connectivity index (χ0v) is 7.37. The van der Waals surface area contributed by atoms with Gasteiger partial charge in [0, 0.05) is 19.3 Å². The van der Waals surface area contributed by atoms with Crippen LogP contribution in [-0.2, 0) is 9.53 Å². The molecule has 0 aromatic carbocycles. The lowest BCUT2D eigenvalue weighted by Gasteiger charge is -1.97. The summed E-state index contributed by atoms with van der Waals surface area (Å²) in [7, 11) is 1.67. The summed E-state index contributed by atoms with van der Waals surface area (Å²) >= 11 is 1.64. The van der Waals surface area contributed by atoms with Gasteiger partial charge in [-0.05, 0) is 0 Å². The number of hydrogen-bond acceptors (Lipinski definition) is 3. The first-order chi connectivity index (χ1) is 4.81. The summed E-state index contributed by atoms with van der Waals surface area (Å²) in [4.78, 5) is 10.7. The van der Waals surface area contributed by atoms with Gasteiger partial charge in [-0.2, -0.15) is 11.8 Å². The van der Waals surface area contributed by atoms with Gasteiger partial charge in [0.15, 0.2) is 0 Å². The van der Waals surface area contributed by atoms with Crippen LogP contribution in [0.1, 0.15) is 13.3 Å². The number of rotatable bonds is 6. The normalized spacial score (nSPS) is 9.80. The topological polar surface area (TPSA) is 26.3 Å². The van der Waals surface area contributed by atoms with Crippen LogP contribution >= 0.6 is 11.8 Å². The monoisotopic (exact) mass is 162 g/mol. The van der Waals surface area contributed by atoms with E-state index in [9.17, 15) is 4.79 Å². The number of Topliss-reactive ketones (excluding diaryl/α,β-unsaturated/α-hetero) is 1. The molecule has 0 aliphatic rings. The maximum Gasteiger partial charge on any atom is 0.142 e. The second kappa shape index (κ2) is 7.09. The van der Waals surface area contributed by atoms with Gasteiger partial charge >= 0.3 is 0 Å². The Labute approximate surface area is 66.3 Å². The Bertz CT molecular complexity index is 93.6. The van der Waals surface area contributed by atoms with Crippen molar-refractivity contribution in [3.8, 4) is 0 Å². The van der Waals surface area contributed by atoms with Crippen molar-refractivity contribution < 1.29 is 9.53 Å². The van der Waals surface area contributed by atoms with E-state index in [0.29, 0.717) is 18.0 Å². The Morgan fingerprint density at radius 1 is 1.60 bits per heavy atom. The molecule has 0 heterocycles. The Morgan fingerprint density at radius 2 is 2.30 bits per heavy atom. The minimum atomic E-state index is 0.320. The van der Waals surface area contributed by atoms with Crippen LogP contribution in [0.5, 0.6) is 0 Å². The summed E-state index contributed by atoms with van der Waals surface area (Å²) in [6, 6.07) is 0. The molecule has 0 aromatic heterocycles. The number of carbonyl (C=O) groups is 1. The van der Waals surface area contributed by atoms with Crippen LogP contribution in [0.4, 0.5) is 0 Å². The molecule has 0 atom stereocenters. The molecule has 60 valence electrons. The summed E-state index contributed by atoms with van der Waals surface area (Å²) in [5.41, 5.74) is 0.